The number of pyridine rings is 1. The predicted molar refractivity (Wildman–Crippen MR) is 78.8 cm³/mol. The van der Waals surface area contributed by atoms with Crippen LogP contribution < -0.4 is 0 Å². The van der Waals surface area contributed by atoms with E-state index >= 15 is 0 Å². The third-order valence-corrected chi connectivity index (χ3v) is 3.90. The SMILES string of the molecule is CC(c1ccncc1)N(C)C(=O)c1ccc(Br)c(F)c1. The molecule has 1 unspecified atom stereocenters. The maximum atomic E-state index is 13.5. The van der Waals surface area contributed by atoms with Gasteiger partial charge in [0, 0.05) is 25.0 Å². The number of halogens is 2. The minimum absolute atomic E-state index is 0.114. The van der Waals surface area contributed by atoms with Gasteiger partial charge in [-0.3, -0.25) is 9.78 Å². The third-order valence-electron chi connectivity index (χ3n) is 3.26. The van der Waals surface area contributed by atoms with Gasteiger partial charge in [0.2, 0.25) is 0 Å². The lowest BCUT2D eigenvalue weighted by Crippen LogP contribution is -2.29. The standard InChI is InChI=1S/C15H14BrFN2O/c1-10(11-5-7-18-8-6-11)19(2)15(20)12-3-4-13(16)14(17)9-12/h3-10H,1-2H3. The monoisotopic (exact) mass is 336 g/mol. The van der Waals surface area contributed by atoms with E-state index in [4.69, 9.17) is 0 Å². The molecule has 0 spiro atoms. The number of hydrogen-bond donors (Lipinski definition) is 0. The highest BCUT2D eigenvalue weighted by atomic mass is 79.9. The molecular weight excluding hydrogens is 323 g/mol. The van der Waals surface area contributed by atoms with Crippen molar-refractivity contribution in [3.8, 4) is 0 Å². The number of nitrogens with zero attached hydrogens (tertiary/aromatic N) is 2. The van der Waals surface area contributed by atoms with Crippen molar-refractivity contribution in [3.05, 3.63) is 64.1 Å². The summed E-state index contributed by atoms with van der Waals surface area (Å²) in [4.78, 5) is 17.9. The average Bonchev–Trinajstić information content (AvgIpc) is 2.48. The maximum Gasteiger partial charge on any atom is 0.254 e. The molecule has 0 N–H and O–H groups in total. The van der Waals surface area contributed by atoms with Gasteiger partial charge in [-0.25, -0.2) is 4.39 Å². The normalized spacial score (nSPS) is 12.0. The lowest BCUT2D eigenvalue weighted by molar-refractivity contribution is 0.0742. The molecule has 1 heterocycles. The van der Waals surface area contributed by atoms with Crippen molar-refractivity contribution in [2.24, 2.45) is 0 Å². The lowest BCUT2D eigenvalue weighted by atomic mass is 10.1. The minimum atomic E-state index is -0.444. The Morgan fingerprint density at radius 3 is 2.55 bits per heavy atom. The average molecular weight is 337 g/mol. The number of amides is 1. The van der Waals surface area contributed by atoms with Gasteiger partial charge in [0.25, 0.3) is 5.91 Å². The Labute approximate surface area is 125 Å². The van der Waals surface area contributed by atoms with E-state index in [1.165, 1.54) is 12.1 Å². The molecule has 0 bridgehead atoms. The van der Waals surface area contributed by atoms with E-state index in [1.807, 2.05) is 19.1 Å². The first kappa shape index (κ1) is 14.7. The Hall–Kier alpha value is -1.75. The fraction of sp³-hybridized carbons (Fsp3) is 0.200. The van der Waals surface area contributed by atoms with E-state index in [-0.39, 0.29) is 11.9 Å². The van der Waals surface area contributed by atoms with E-state index < -0.39 is 5.82 Å². The molecule has 0 fully saturated rings. The fourth-order valence-electron chi connectivity index (χ4n) is 1.87. The molecule has 1 aromatic carbocycles. The topological polar surface area (TPSA) is 33.2 Å². The van der Waals surface area contributed by atoms with Crippen molar-refractivity contribution >= 4 is 21.8 Å². The number of carbonyl (C=O) groups is 1. The minimum Gasteiger partial charge on any atom is -0.335 e. The highest BCUT2D eigenvalue weighted by molar-refractivity contribution is 9.10. The highest BCUT2D eigenvalue weighted by Gasteiger charge is 2.19. The predicted octanol–water partition coefficient (Wildman–Crippen LogP) is 3.82. The van der Waals surface area contributed by atoms with Crippen LogP contribution in [-0.4, -0.2) is 22.8 Å². The van der Waals surface area contributed by atoms with E-state index in [2.05, 4.69) is 20.9 Å². The van der Waals surface area contributed by atoms with Crippen molar-refractivity contribution in [1.82, 2.24) is 9.88 Å². The molecule has 0 radical (unpaired) electrons. The number of benzene rings is 1. The largest absolute Gasteiger partial charge is 0.335 e. The van der Waals surface area contributed by atoms with Crippen molar-refractivity contribution in [2.75, 3.05) is 7.05 Å². The highest BCUT2D eigenvalue weighted by Crippen LogP contribution is 2.22. The Morgan fingerprint density at radius 2 is 1.95 bits per heavy atom. The molecule has 20 heavy (non-hydrogen) atoms. The molecule has 2 aromatic rings. The smallest absolute Gasteiger partial charge is 0.254 e. The molecule has 1 aromatic heterocycles. The second-order valence-corrected chi connectivity index (χ2v) is 5.36. The molecule has 0 aliphatic heterocycles. The van der Waals surface area contributed by atoms with Crippen LogP contribution in [0, 0.1) is 5.82 Å². The van der Waals surface area contributed by atoms with Crippen LogP contribution in [0.15, 0.2) is 47.2 Å². The molecule has 0 aliphatic carbocycles. The number of carbonyl (C=O) groups excluding carboxylic acids is 1. The summed E-state index contributed by atoms with van der Waals surface area (Å²) in [6.07, 6.45) is 3.37. The van der Waals surface area contributed by atoms with E-state index in [1.54, 1.807) is 30.4 Å². The van der Waals surface area contributed by atoms with E-state index in [0.29, 0.717) is 10.0 Å². The fourth-order valence-corrected chi connectivity index (χ4v) is 2.12. The first-order valence-corrected chi connectivity index (χ1v) is 6.92. The van der Waals surface area contributed by atoms with Crippen molar-refractivity contribution in [3.63, 3.8) is 0 Å². The van der Waals surface area contributed by atoms with Gasteiger partial charge >= 0.3 is 0 Å². The summed E-state index contributed by atoms with van der Waals surface area (Å²) in [7, 11) is 1.70. The molecule has 5 heteroatoms. The Morgan fingerprint density at radius 1 is 1.30 bits per heavy atom. The van der Waals surface area contributed by atoms with Crippen molar-refractivity contribution in [1.29, 1.82) is 0 Å². The van der Waals surface area contributed by atoms with Gasteiger partial charge in [-0.2, -0.15) is 0 Å². The zero-order chi connectivity index (χ0) is 14.7. The van der Waals surface area contributed by atoms with E-state index in [0.717, 1.165) is 5.56 Å². The summed E-state index contributed by atoms with van der Waals surface area (Å²) < 4.78 is 13.8. The van der Waals surface area contributed by atoms with Gasteiger partial charge in [-0.1, -0.05) is 0 Å². The first-order chi connectivity index (χ1) is 9.50. The number of aromatic nitrogens is 1. The zero-order valence-electron chi connectivity index (χ0n) is 11.2. The quantitative estimate of drug-likeness (QED) is 0.853. The van der Waals surface area contributed by atoms with Crippen LogP contribution in [0.2, 0.25) is 0 Å². The molecule has 1 amide bonds. The molecule has 1 atom stereocenters. The Bertz CT molecular complexity index is 619. The molecule has 0 aliphatic rings. The summed E-state index contributed by atoms with van der Waals surface area (Å²) >= 11 is 3.07. The molecule has 0 saturated heterocycles. The van der Waals surface area contributed by atoms with E-state index in [9.17, 15) is 9.18 Å². The van der Waals surface area contributed by atoms with Crippen LogP contribution in [0.25, 0.3) is 0 Å². The second-order valence-electron chi connectivity index (χ2n) is 4.50. The number of rotatable bonds is 3. The Kier molecular flexibility index (Phi) is 4.49. The van der Waals surface area contributed by atoms with Gasteiger partial charge in [0.15, 0.2) is 0 Å². The lowest BCUT2D eigenvalue weighted by Gasteiger charge is -2.25. The number of hydrogen-bond acceptors (Lipinski definition) is 2. The van der Waals surface area contributed by atoms with Crippen LogP contribution in [0.5, 0.6) is 0 Å². The summed E-state index contributed by atoms with van der Waals surface area (Å²) in [5.41, 5.74) is 1.31. The first-order valence-electron chi connectivity index (χ1n) is 6.13. The Balaban J connectivity index is 2.22. The second kappa shape index (κ2) is 6.13. The van der Waals surface area contributed by atoms with Crippen LogP contribution in [0.3, 0.4) is 0 Å². The van der Waals surface area contributed by atoms with Crippen LogP contribution in [0.1, 0.15) is 28.9 Å². The van der Waals surface area contributed by atoms with Gasteiger partial charge < -0.3 is 4.90 Å². The van der Waals surface area contributed by atoms with Crippen LogP contribution >= 0.6 is 15.9 Å². The zero-order valence-corrected chi connectivity index (χ0v) is 12.8. The van der Waals surface area contributed by atoms with Crippen LogP contribution in [-0.2, 0) is 0 Å². The molecule has 3 nitrogen and oxygen atoms in total. The summed E-state index contributed by atoms with van der Waals surface area (Å²) in [6.45, 7) is 1.92. The molecular formula is C15H14BrFN2O. The molecule has 104 valence electrons. The van der Waals surface area contributed by atoms with Gasteiger partial charge in [0.1, 0.15) is 5.82 Å². The van der Waals surface area contributed by atoms with Crippen molar-refractivity contribution in [2.45, 2.75) is 13.0 Å². The van der Waals surface area contributed by atoms with Gasteiger partial charge in [0.05, 0.1) is 10.5 Å². The molecule has 0 saturated carbocycles. The molecule has 2 rings (SSSR count). The summed E-state index contributed by atoms with van der Waals surface area (Å²) in [6, 6.07) is 7.98. The van der Waals surface area contributed by atoms with Crippen LogP contribution in [0.4, 0.5) is 4.39 Å². The summed E-state index contributed by atoms with van der Waals surface area (Å²) in [5, 5.41) is 0. The maximum absolute atomic E-state index is 13.5. The third kappa shape index (κ3) is 3.04. The van der Waals surface area contributed by atoms with Gasteiger partial charge in [-0.15, -0.1) is 0 Å². The van der Waals surface area contributed by atoms with Gasteiger partial charge in [-0.05, 0) is 58.7 Å². The van der Waals surface area contributed by atoms with Crippen molar-refractivity contribution < 1.29 is 9.18 Å². The summed E-state index contributed by atoms with van der Waals surface area (Å²) in [5.74, 6) is -0.665.